The molecule has 0 fully saturated rings. The van der Waals surface area contributed by atoms with Gasteiger partial charge in [-0.25, -0.2) is 8.42 Å². The molecule has 0 saturated heterocycles. The van der Waals surface area contributed by atoms with Crippen LogP contribution in [0.15, 0.2) is 23.1 Å². The summed E-state index contributed by atoms with van der Waals surface area (Å²) in [5, 5.41) is 7.58. The lowest BCUT2D eigenvalue weighted by Crippen LogP contribution is -2.16. The first-order valence-electron chi connectivity index (χ1n) is 4.39. The molecule has 0 aliphatic carbocycles. The van der Waals surface area contributed by atoms with Crippen LogP contribution in [0.25, 0.3) is 0 Å². The number of nitrogens with two attached hydrogens (primary N) is 1. The van der Waals surface area contributed by atoms with Gasteiger partial charge in [0.05, 0.1) is 11.0 Å². The van der Waals surface area contributed by atoms with Gasteiger partial charge in [-0.05, 0) is 37.6 Å². The second-order valence-electron chi connectivity index (χ2n) is 3.34. The molecule has 4 nitrogen and oxygen atoms in total. The molecule has 0 saturated carbocycles. The summed E-state index contributed by atoms with van der Waals surface area (Å²) in [6, 6.07) is 6.26. The normalized spacial score (nSPS) is 13.1. The molecule has 0 heterocycles. The van der Waals surface area contributed by atoms with Crippen LogP contribution in [-0.4, -0.2) is 13.7 Å². The van der Waals surface area contributed by atoms with Crippen molar-refractivity contribution in [3.05, 3.63) is 23.8 Å². The standard InChI is InChI=1S/C10H12N2O2S/c1-7-5-9(12)3-4-10(7)15(13,14)8(2)6-11/h3-5,8H,12H2,1-2H3. The zero-order valence-electron chi connectivity index (χ0n) is 8.56. The molecule has 0 aliphatic heterocycles. The molecule has 0 aliphatic rings. The van der Waals surface area contributed by atoms with E-state index in [0.29, 0.717) is 11.3 Å². The maximum Gasteiger partial charge on any atom is 0.194 e. The van der Waals surface area contributed by atoms with Crippen LogP contribution in [0.2, 0.25) is 0 Å². The quantitative estimate of drug-likeness (QED) is 0.766. The van der Waals surface area contributed by atoms with Crippen LogP contribution in [0, 0.1) is 18.3 Å². The van der Waals surface area contributed by atoms with Gasteiger partial charge in [-0.2, -0.15) is 5.26 Å². The van der Waals surface area contributed by atoms with Gasteiger partial charge in [0, 0.05) is 5.69 Å². The number of anilines is 1. The third-order valence-electron chi connectivity index (χ3n) is 2.15. The zero-order valence-corrected chi connectivity index (χ0v) is 9.38. The van der Waals surface area contributed by atoms with Crippen molar-refractivity contribution in [2.45, 2.75) is 24.0 Å². The summed E-state index contributed by atoms with van der Waals surface area (Å²) in [6.45, 7) is 3.03. The highest BCUT2D eigenvalue weighted by Gasteiger charge is 2.24. The van der Waals surface area contributed by atoms with E-state index in [1.807, 2.05) is 0 Å². The van der Waals surface area contributed by atoms with Crippen molar-refractivity contribution in [1.82, 2.24) is 0 Å². The van der Waals surface area contributed by atoms with Gasteiger partial charge in [-0.15, -0.1) is 0 Å². The third kappa shape index (κ3) is 2.10. The first-order chi connectivity index (χ1) is 6.89. The molecule has 1 rings (SSSR count). The van der Waals surface area contributed by atoms with Crippen LogP contribution >= 0.6 is 0 Å². The Labute approximate surface area is 89.2 Å². The van der Waals surface area contributed by atoms with Gasteiger partial charge in [0.1, 0.15) is 5.25 Å². The number of nitrogen functional groups attached to an aromatic ring is 1. The van der Waals surface area contributed by atoms with Crippen molar-refractivity contribution >= 4 is 15.5 Å². The lowest BCUT2D eigenvalue weighted by atomic mass is 10.2. The Balaban J connectivity index is 3.36. The molecule has 15 heavy (non-hydrogen) atoms. The average molecular weight is 224 g/mol. The molecule has 2 N–H and O–H groups in total. The zero-order chi connectivity index (χ0) is 11.6. The predicted molar refractivity (Wildman–Crippen MR) is 57.9 cm³/mol. The Morgan fingerprint density at radius 1 is 1.47 bits per heavy atom. The van der Waals surface area contributed by atoms with Gasteiger partial charge < -0.3 is 5.73 Å². The van der Waals surface area contributed by atoms with E-state index in [2.05, 4.69) is 0 Å². The number of nitrogens with zero attached hydrogens (tertiary/aromatic N) is 1. The Morgan fingerprint density at radius 2 is 2.07 bits per heavy atom. The van der Waals surface area contributed by atoms with Gasteiger partial charge in [0.25, 0.3) is 0 Å². The summed E-state index contributed by atoms with van der Waals surface area (Å²) >= 11 is 0. The fraction of sp³-hybridized carbons (Fsp3) is 0.300. The molecule has 0 aromatic heterocycles. The molecular formula is C10H12N2O2S. The van der Waals surface area contributed by atoms with Crippen molar-refractivity contribution in [3.63, 3.8) is 0 Å². The van der Waals surface area contributed by atoms with Gasteiger partial charge in [0.15, 0.2) is 9.84 Å². The summed E-state index contributed by atoms with van der Waals surface area (Å²) < 4.78 is 23.7. The number of aryl methyl sites for hydroxylation is 1. The Bertz CT molecular complexity index is 515. The molecule has 80 valence electrons. The highest BCUT2D eigenvalue weighted by atomic mass is 32.2. The SMILES string of the molecule is Cc1cc(N)ccc1S(=O)(=O)C(C)C#N. The van der Waals surface area contributed by atoms with E-state index in [0.717, 1.165) is 0 Å². The molecule has 5 heteroatoms. The Kier molecular flexibility index (Phi) is 3.01. The molecule has 0 bridgehead atoms. The fourth-order valence-electron chi connectivity index (χ4n) is 1.25. The van der Waals surface area contributed by atoms with Crippen molar-refractivity contribution in [2.24, 2.45) is 0 Å². The molecule has 1 atom stereocenters. The van der Waals surface area contributed by atoms with E-state index in [9.17, 15) is 8.42 Å². The van der Waals surface area contributed by atoms with Gasteiger partial charge in [-0.3, -0.25) is 0 Å². The van der Waals surface area contributed by atoms with Crippen molar-refractivity contribution in [1.29, 1.82) is 5.26 Å². The monoisotopic (exact) mass is 224 g/mol. The van der Waals surface area contributed by atoms with Gasteiger partial charge in [-0.1, -0.05) is 0 Å². The van der Waals surface area contributed by atoms with Crippen LogP contribution in [0.5, 0.6) is 0 Å². The number of hydrogen-bond acceptors (Lipinski definition) is 4. The molecular weight excluding hydrogens is 212 g/mol. The van der Waals surface area contributed by atoms with Crippen LogP contribution in [0.4, 0.5) is 5.69 Å². The van der Waals surface area contributed by atoms with Crippen LogP contribution < -0.4 is 5.73 Å². The predicted octanol–water partition coefficient (Wildman–Crippen LogP) is 1.26. The molecule has 1 aromatic rings. The van der Waals surface area contributed by atoms with Crippen molar-refractivity contribution in [2.75, 3.05) is 5.73 Å². The second kappa shape index (κ2) is 3.91. The highest BCUT2D eigenvalue weighted by molar-refractivity contribution is 7.92. The van der Waals surface area contributed by atoms with Crippen LogP contribution in [0.3, 0.4) is 0 Å². The second-order valence-corrected chi connectivity index (χ2v) is 5.58. The van der Waals surface area contributed by atoms with E-state index in [1.54, 1.807) is 19.1 Å². The lowest BCUT2D eigenvalue weighted by Gasteiger charge is -2.09. The van der Waals surface area contributed by atoms with Crippen molar-refractivity contribution in [3.8, 4) is 6.07 Å². The van der Waals surface area contributed by atoms with Crippen molar-refractivity contribution < 1.29 is 8.42 Å². The average Bonchev–Trinajstić information content (AvgIpc) is 2.15. The van der Waals surface area contributed by atoms with Gasteiger partial charge in [0.2, 0.25) is 0 Å². The van der Waals surface area contributed by atoms with E-state index in [-0.39, 0.29) is 4.90 Å². The van der Waals surface area contributed by atoms with E-state index < -0.39 is 15.1 Å². The number of sulfone groups is 1. The van der Waals surface area contributed by atoms with E-state index >= 15 is 0 Å². The minimum Gasteiger partial charge on any atom is -0.399 e. The molecule has 1 unspecified atom stereocenters. The Hall–Kier alpha value is -1.54. The molecule has 1 aromatic carbocycles. The lowest BCUT2D eigenvalue weighted by molar-refractivity contribution is 0.591. The van der Waals surface area contributed by atoms with E-state index in [4.69, 9.17) is 11.0 Å². The number of nitriles is 1. The molecule has 0 amide bonds. The smallest absolute Gasteiger partial charge is 0.194 e. The van der Waals surface area contributed by atoms with E-state index in [1.165, 1.54) is 19.1 Å². The van der Waals surface area contributed by atoms with Crippen LogP contribution in [0.1, 0.15) is 12.5 Å². The topological polar surface area (TPSA) is 84.0 Å². The number of benzene rings is 1. The number of hydrogen-bond donors (Lipinski definition) is 1. The summed E-state index contributed by atoms with van der Waals surface area (Å²) in [6.07, 6.45) is 0. The number of rotatable bonds is 2. The molecule has 0 radical (unpaired) electrons. The minimum absolute atomic E-state index is 0.172. The first kappa shape index (κ1) is 11.5. The summed E-state index contributed by atoms with van der Waals surface area (Å²) in [7, 11) is -3.55. The maximum atomic E-state index is 11.8. The first-order valence-corrected chi connectivity index (χ1v) is 5.94. The summed E-state index contributed by atoms with van der Waals surface area (Å²) in [5.41, 5.74) is 6.60. The summed E-state index contributed by atoms with van der Waals surface area (Å²) in [4.78, 5) is 0.172. The highest BCUT2D eigenvalue weighted by Crippen LogP contribution is 2.21. The van der Waals surface area contributed by atoms with Gasteiger partial charge >= 0.3 is 0 Å². The van der Waals surface area contributed by atoms with Crippen LogP contribution in [-0.2, 0) is 9.84 Å². The third-order valence-corrected chi connectivity index (χ3v) is 4.26. The maximum absolute atomic E-state index is 11.8. The molecule has 0 spiro atoms. The Morgan fingerprint density at radius 3 is 2.53 bits per heavy atom. The largest absolute Gasteiger partial charge is 0.399 e. The summed E-state index contributed by atoms with van der Waals surface area (Å²) in [5.74, 6) is 0. The fourth-order valence-corrected chi connectivity index (χ4v) is 2.54. The minimum atomic E-state index is -3.55.